The number of esters is 1. The molecule has 0 unspecified atom stereocenters. The molecule has 4 rings (SSSR count). The Morgan fingerprint density at radius 2 is 1.88 bits per heavy atom. The van der Waals surface area contributed by atoms with Crippen LogP contribution in [-0.2, 0) is 11.3 Å². The highest BCUT2D eigenvalue weighted by molar-refractivity contribution is 6.11. The van der Waals surface area contributed by atoms with E-state index >= 15 is 0 Å². The minimum Gasteiger partial charge on any atom is -0.462 e. The lowest BCUT2D eigenvalue weighted by atomic mass is 10.1. The maximum Gasteiger partial charge on any atom is 0.343 e. The van der Waals surface area contributed by atoms with Crippen LogP contribution >= 0.6 is 0 Å². The van der Waals surface area contributed by atoms with E-state index in [1.165, 1.54) is 0 Å². The lowest BCUT2D eigenvalue weighted by Crippen LogP contribution is -2.20. The SMILES string of the molecule is CCOC(=O)c1cn(CC)c2cc3[nH]c4ccccc4c3cc2c1=O. The number of hydrogen-bond acceptors (Lipinski definition) is 3. The third kappa shape index (κ3) is 2.31. The van der Waals surface area contributed by atoms with E-state index < -0.39 is 5.97 Å². The summed E-state index contributed by atoms with van der Waals surface area (Å²) < 4.78 is 6.95. The van der Waals surface area contributed by atoms with E-state index in [0.717, 1.165) is 27.3 Å². The van der Waals surface area contributed by atoms with Gasteiger partial charge in [0, 0.05) is 39.9 Å². The first kappa shape index (κ1) is 15.4. The van der Waals surface area contributed by atoms with Crippen molar-refractivity contribution in [1.82, 2.24) is 9.55 Å². The number of benzene rings is 2. The number of aromatic nitrogens is 2. The number of fused-ring (bicyclic) bond motifs is 4. The van der Waals surface area contributed by atoms with Gasteiger partial charge in [0.05, 0.1) is 12.1 Å². The van der Waals surface area contributed by atoms with Gasteiger partial charge in [-0.05, 0) is 32.0 Å². The fourth-order valence-corrected chi connectivity index (χ4v) is 3.35. The predicted octanol–water partition coefficient (Wildman–Crippen LogP) is 3.83. The molecular formula is C20H18N2O3. The second-order valence-corrected chi connectivity index (χ2v) is 5.96. The average molecular weight is 334 g/mol. The van der Waals surface area contributed by atoms with Gasteiger partial charge in [0.2, 0.25) is 5.43 Å². The van der Waals surface area contributed by atoms with E-state index in [1.807, 2.05) is 47.9 Å². The number of nitrogens with zero attached hydrogens (tertiary/aromatic N) is 1. The highest BCUT2D eigenvalue weighted by Crippen LogP contribution is 2.28. The molecule has 1 N–H and O–H groups in total. The van der Waals surface area contributed by atoms with Crippen LogP contribution < -0.4 is 5.43 Å². The van der Waals surface area contributed by atoms with Gasteiger partial charge in [-0.15, -0.1) is 0 Å². The van der Waals surface area contributed by atoms with Gasteiger partial charge in [-0.25, -0.2) is 4.79 Å². The predicted molar refractivity (Wildman–Crippen MR) is 99.2 cm³/mol. The Hall–Kier alpha value is -3.08. The first-order chi connectivity index (χ1) is 12.1. The highest BCUT2D eigenvalue weighted by atomic mass is 16.5. The van der Waals surface area contributed by atoms with Crippen molar-refractivity contribution < 1.29 is 9.53 Å². The number of ether oxygens (including phenoxy) is 1. The Kier molecular flexibility index (Phi) is 3.57. The quantitative estimate of drug-likeness (QED) is 0.579. The van der Waals surface area contributed by atoms with Crippen molar-refractivity contribution in [2.75, 3.05) is 6.61 Å². The van der Waals surface area contributed by atoms with Crippen LogP contribution in [0.5, 0.6) is 0 Å². The Morgan fingerprint density at radius 3 is 2.64 bits per heavy atom. The van der Waals surface area contributed by atoms with E-state index in [0.29, 0.717) is 11.9 Å². The Balaban J connectivity index is 2.12. The largest absolute Gasteiger partial charge is 0.462 e. The number of hydrogen-bond donors (Lipinski definition) is 1. The summed E-state index contributed by atoms with van der Waals surface area (Å²) in [6.07, 6.45) is 1.59. The van der Waals surface area contributed by atoms with E-state index in [2.05, 4.69) is 4.98 Å². The van der Waals surface area contributed by atoms with E-state index in [9.17, 15) is 9.59 Å². The van der Waals surface area contributed by atoms with Gasteiger partial charge in [-0.3, -0.25) is 4.79 Å². The molecule has 2 aromatic heterocycles. The maximum atomic E-state index is 12.9. The monoisotopic (exact) mass is 334 g/mol. The number of carbonyl (C=O) groups is 1. The minimum absolute atomic E-state index is 0.0791. The average Bonchev–Trinajstić information content (AvgIpc) is 2.98. The summed E-state index contributed by atoms with van der Waals surface area (Å²) in [6, 6.07) is 11.8. The summed E-state index contributed by atoms with van der Waals surface area (Å²) in [6.45, 7) is 4.60. The molecular weight excluding hydrogens is 316 g/mol. The van der Waals surface area contributed by atoms with Gasteiger partial charge in [0.15, 0.2) is 0 Å². The highest BCUT2D eigenvalue weighted by Gasteiger charge is 2.17. The fraction of sp³-hybridized carbons (Fsp3) is 0.200. The second-order valence-electron chi connectivity index (χ2n) is 5.96. The summed E-state index contributed by atoms with van der Waals surface area (Å²) in [7, 11) is 0. The molecule has 5 nitrogen and oxygen atoms in total. The van der Waals surface area contributed by atoms with Crippen molar-refractivity contribution in [3.63, 3.8) is 0 Å². The lowest BCUT2D eigenvalue weighted by Gasteiger charge is -2.11. The van der Waals surface area contributed by atoms with Crippen molar-refractivity contribution >= 4 is 38.7 Å². The fourth-order valence-electron chi connectivity index (χ4n) is 3.35. The first-order valence-corrected chi connectivity index (χ1v) is 8.38. The summed E-state index contributed by atoms with van der Waals surface area (Å²) >= 11 is 0. The summed E-state index contributed by atoms with van der Waals surface area (Å²) in [5.74, 6) is -0.573. The Labute approximate surface area is 143 Å². The maximum absolute atomic E-state index is 12.9. The van der Waals surface area contributed by atoms with Crippen LogP contribution in [0, 0.1) is 0 Å². The standard InChI is InChI=1S/C20H18N2O3/c1-3-22-11-15(20(24)25-4-2)19(23)14-9-13-12-7-5-6-8-16(12)21-17(13)10-18(14)22/h5-11,21H,3-4H2,1-2H3. The molecule has 0 saturated carbocycles. The summed E-state index contributed by atoms with van der Waals surface area (Å²) in [4.78, 5) is 28.4. The number of H-pyrrole nitrogens is 1. The normalized spacial score (nSPS) is 11.4. The molecule has 0 radical (unpaired) electrons. The molecule has 0 atom stereocenters. The molecule has 0 spiro atoms. The van der Waals surface area contributed by atoms with Crippen molar-refractivity contribution in [3.05, 3.63) is 58.4 Å². The smallest absolute Gasteiger partial charge is 0.343 e. The zero-order valence-corrected chi connectivity index (χ0v) is 14.1. The van der Waals surface area contributed by atoms with Crippen LogP contribution in [0.25, 0.3) is 32.7 Å². The zero-order valence-electron chi connectivity index (χ0n) is 14.1. The number of carbonyl (C=O) groups excluding carboxylic acids is 1. The first-order valence-electron chi connectivity index (χ1n) is 8.38. The van der Waals surface area contributed by atoms with Crippen LogP contribution in [0.1, 0.15) is 24.2 Å². The van der Waals surface area contributed by atoms with Gasteiger partial charge in [0.1, 0.15) is 5.56 Å². The van der Waals surface area contributed by atoms with Gasteiger partial charge in [-0.2, -0.15) is 0 Å². The molecule has 0 aliphatic heterocycles. The number of para-hydroxylation sites is 1. The molecule has 0 saturated heterocycles. The van der Waals surface area contributed by atoms with Crippen molar-refractivity contribution in [3.8, 4) is 0 Å². The van der Waals surface area contributed by atoms with E-state index in [-0.39, 0.29) is 17.6 Å². The number of aromatic amines is 1. The molecule has 2 heterocycles. The third-order valence-corrected chi connectivity index (χ3v) is 4.54. The minimum atomic E-state index is -0.573. The molecule has 0 aliphatic rings. The number of pyridine rings is 1. The molecule has 5 heteroatoms. The van der Waals surface area contributed by atoms with Crippen molar-refractivity contribution in [1.29, 1.82) is 0 Å². The molecule has 0 amide bonds. The van der Waals surface area contributed by atoms with Gasteiger partial charge >= 0.3 is 5.97 Å². The van der Waals surface area contributed by atoms with Crippen LogP contribution in [0.3, 0.4) is 0 Å². The Bertz CT molecular complexity index is 1180. The van der Waals surface area contributed by atoms with Crippen molar-refractivity contribution in [2.24, 2.45) is 0 Å². The van der Waals surface area contributed by atoms with Crippen LogP contribution in [0.2, 0.25) is 0 Å². The van der Waals surface area contributed by atoms with Gasteiger partial charge < -0.3 is 14.3 Å². The molecule has 0 fully saturated rings. The molecule has 25 heavy (non-hydrogen) atoms. The molecule has 126 valence electrons. The number of rotatable bonds is 3. The van der Waals surface area contributed by atoms with Crippen LogP contribution in [0.4, 0.5) is 0 Å². The topological polar surface area (TPSA) is 64.1 Å². The van der Waals surface area contributed by atoms with E-state index in [4.69, 9.17) is 4.74 Å². The summed E-state index contributed by atoms with van der Waals surface area (Å²) in [5, 5.41) is 2.57. The van der Waals surface area contributed by atoms with Gasteiger partial charge in [-0.1, -0.05) is 18.2 Å². The number of nitrogens with one attached hydrogen (secondary N) is 1. The van der Waals surface area contributed by atoms with Crippen LogP contribution in [0.15, 0.2) is 47.4 Å². The van der Waals surface area contributed by atoms with E-state index in [1.54, 1.807) is 13.1 Å². The third-order valence-electron chi connectivity index (χ3n) is 4.54. The van der Waals surface area contributed by atoms with Gasteiger partial charge in [0.25, 0.3) is 0 Å². The summed E-state index contributed by atoms with van der Waals surface area (Å²) in [5.41, 5.74) is 2.59. The Morgan fingerprint density at radius 1 is 1.08 bits per heavy atom. The number of aryl methyl sites for hydroxylation is 1. The second kappa shape index (κ2) is 5.77. The van der Waals surface area contributed by atoms with Crippen molar-refractivity contribution in [2.45, 2.75) is 20.4 Å². The van der Waals surface area contributed by atoms with Crippen LogP contribution in [-0.4, -0.2) is 22.1 Å². The molecule has 4 aromatic rings. The molecule has 2 aromatic carbocycles. The molecule has 0 aliphatic carbocycles. The molecule has 0 bridgehead atoms. The lowest BCUT2D eigenvalue weighted by molar-refractivity contribution is 0.0524. The zero-order chi connectivity index (χ0) is 17.6.